The van der Waals surface area contributed by atoms with Crippen LogP contribution in [0.4, 0.5) is 8.78 Å². The average molecular weight is 386 g/mol. The number of ether oxygens (including phenoxy) is 1. The van der Waals surface area contributed by atoms with Crippen molar-refractivity contribution in [3.63, 3.8) is 0 Å². The predicted octanol–water partition coefficient (Wildman–Crippen LogP) is 6.61. The first-order chi connectivity index (χ1) is 13.5. The van der Waals surface area contributed by atoms with Crippen molar-refractivity contribution in [2.45, 2.75) is 57.8 Å². The third-order valence-corrected chi connectivity index (χ3v) is 7.21. The summed E-state index contributed by atoms with van der Waals surface area (Å²) in [6, 6.07) is 6.47. The van der Waals surface area contributed by atoms with Crippen LogP contribution < -0.4 is 0 Å². The SMILES string of the molecule is CCC1CC[C@@H]2CC(c3cc4ccc(C(=O)OC)cc4c(F)c3F)CC[C@H]2C1. The van der Waals surface area contributed by atoms with E-state index in [9.17, 15) is 13.6 Å². The fourth-order valence-electron chi connectivity index (χ4n) is 5.53. The van der Waals surface area contributed by atoms with E-state index in [2.05, 4.69) is 11.7 Å². The van der Waals surface area contributed by atoms with E-state index < -0.39 is 17.6 Å². The molecular weight excluding hydrogens is 358 g/mol. The summed E-state index contributed by atoms with van der Waals surface area (Å²) in [5, 5.41) is 0.777. The van der Waals surface area contributed by atoms with Crippen LogP contribution in [0.15, 0.2) is 24.3 Å². The summed E-state index contributed by atoms with van der Waals surface area (Å²) >= 11 is 0. The number of esters is 1. The molecule has 0 heterocycles. The molecule has 150 valence electrons. The summed E-state index contributed by atoms with van der Waals surface area (Å²) in [6.45, 7) is 2.27. The van der Waals surface area contributed by atoms with E-state index in [4.69, 9.17) is 0 Å². The van der Waals surface area contributed by atoms with Crippen LogP contribution in [-0.2, 0) is 4.74 Å². The van der Waals surface area contributed by atoms with Crippen LogP contribution >= 0.6 is 0 Å². The standard InChI is InChI=1S/C24H28F2O2/c1-3-14-4-5-16-11-17(7-6-15(16)10-14)20-12-18-8-9-19(24(27)28-2)13-21(18)23(26)22(20)25/h8-9,12-17H,3-7,10-11H2,1-2H3/t14?,15-,16+,17?/m0/s1. The molecular formula is C24H28F2O2. The van der Waals surface area contributed by atoms with E-state index in [1.807, 2.05) is 0 Å². The van der Waals surface area contributed by atoms with Gasteiger partial charge in [0.25, 0.3) is 0 Å². The maximum absolute atomic E-state index is 15.0. The average Bonchev–Trinajstić information content (AvgIpc) is 2.74. The van der Waals surface area contributed by atoms with Crippen molar-refractivity contribution in [3.8, 4) is 0 Å². The minimum absolute atomic E-state index is 0.0820. The molecule has 0 amide bonds. The summed E-state index contributed by atoms with van der Waals surface area (Å²) < 4.78 is 34.5. The van der Waals surface area contributed by atoms with Gasteiger partial charge in [-0.2, -0.15) is 0 Å². The van der Waals surface area contributed by atoms with Gasteiger partial charge in [0.05, 0.1) is 12.7 Å². The molecule has 4 atom stereocenters. The number of benzene rings is 2. The highest BCUT2D eigenvalue weighted by Gasteiger charge is 2.36. The number of fused-ring (bicyclic) bond motifs is 2. The highest BCUT2D eigenvalue weighted by atomic mass is 19.2. The summed E-state index contributed by atoms with van der Waals surface area (Å²) in [4.78, 5) is 11.7. The Morgan fingerprint density at radius 2 is 1.79 bits per heavy atom. The Morgan fingerprint density at radius 1 is 1.04 bits per heavy atom. The monoisotopic (exact) mass is 386 g/mol. The van der Waals surface area contributed by atoms with Crippen molar-refractivity contribution in [2.75, 3.05) is 7.11 Å². The number of halogens is 2. The third kappa shape index (κ3) is 3.42. The van der Waals surface area contributed by atoms with Gasteiger partial charge in [-0.3, -0.25) is 0 Å². The second kappa shape index (κ2) is 7.81. The first-order valence-electron chi connectivity index (χ1n) is 10.5. The molecule has 2 aliphatic rings. The maximum Gasteiger partial charge on any atom is 0.337 e. The maximum atomic E-state index is 15.0. The van der Waals surface area contributed by atoms with Crippen molar-refractivity contribution >= 4 is 16.7 Å². The molecule has 4 heteroatoms. The summed E-state index contributed by atoms with van der Waals surface area (Å²) in [5.74, 6) is 0.171. The molecule has 28 heavy (non-hydrogen) atoms. The van der Waals surface area contributed by atoms with E-state index >= 15 is 0 Å². The molecule has 0 radical (unpaired) electrons. The minimum atomic E-state index is -0.852. The molecule has 4 rings (SSSR count). The Balaban J connectivity index is 1.63. The van der Waals surface area contributed by atoms with Gasteiger partial charge in [0.15, 0.2) is 11.6 Å². The van der Waals surface area contributed by atoms with Crippen molar-refractivity contribution in [3.05, 3.63) is 47.0 Å². The normalized spacial score (nSPS) is 27.4. The number of carbonyl (C=O) groups excluding carboxylic acids is 1. The summed E-state index contributed by atoms with van der Waals surface area (Å²) in [6.07, 6.45) is 8.06. The van der Waals surface area contributed by atoms with E-state index in [-0.39, 0.29) is 16.9 Å². The lowest BCUT2D eigenvalue weighted by Crippen LogP contribution is -2.30. The molecule has 2 fully saturated rings. The van der Waals surface area contributed by atoms with Gasteiger partial charge in [0.1, 0.15) is 0 Å². The van der Waals surface area contributed by atoms with E-state index in [1.54, 1.807) is 18.2 Å². The Bertz CT molecular complexity index is 892. The molecule has 2 aromatic rings. The van der Waals surface area contributed by atoms with Gasteiger partial charge in [-0.05, 0) is 84.9 Å². The zero-order valence-corrected chi connectivity index (χ0v) is 16.6. The fourth-order valence-corrected chi connectivity index (χ4v) is 5.53. The number of hydrogen-bond donors (Lipinski definition) is 0. The van der Waals surface area contributed by atoms with Crippen LogP contribution in [0.3, 0.4) is 0 Å². The number of rotatable bonds is 3. The number of methoxy groups -OCH3 is 1. The van der Waals surface area contributed by atoms with Crippen LogP contribution in [0.1, 0.15) is 73.7 Å². The van der Waals surface area contributed by atoms with Crippen LogP contribution in [0.5, 0.6) is 0 Å². The highest BCUT2D eigenvalue weighted by molar-refractivity contribution is 5.95. The minimum Gasteiger partial charge on any atom is -0.465 e. The fraction of sp³-hybridized carbons (Fsp3) is 0.542. The Labute approximate surface area is 165 Å². The van der Waals surface area contributed by atoms with Crippen LogP contribution in [0.2, 0.25) is 0 Å². The van der Waals surface area contributed by atoms with Crippen LogP contribution in [-0.4, -0.2) is 13.1 Å². The van der Waals surface area contributed by atoms with Gasteiger partial charge in [0, 0.05) is 5.39 Å². The zero-order valence-electron chi connectivity index (χ0n) is 16.6. The lowest BCUT2D eigenvalue weighted by atomic mass is 9.63. The molecule has 0 saturated heterocycles. The molecule has 2 aliphatic carbocycles. The van der Waals surface area contributed by atoms with E-state index in [0.29, 0.717) is 16.9 Å². The largest absolute Gasteiger partial charge is 0.465 e. The van der Waals surface area contributed by atoms with Gasteiger partial charge in [-0.15, -0.1) is 0 Å². The highest BCUT2D eigenvalue weighted by Crippen LogP contribution is 2.49. The van der Waals surface area contributed by atoms with Gasteiger partial charge >= 0.3 is 5.97 Å². The molecule has 2 nitrogen and oxygen atoms in total. The summed E-state index contributed by atoms with van der Waals surface area (Å²) in [5.41, 5.74) is 0.737. The van der Waals surface area contributed by atoms with Gasteiger partial charge in [-0.25, -0.2) is 13.6 Å². The molecule has 0 aliphatic heterocycles. The summed E-state index contributed by atoms with van der Waals surface area (Å²) in [7, 11) is 1.27. The second-order valence-electron chi connectivity index (χ2n) is 8.64. The molecule has 0 spiro atoms. The van der Waals surface area contributed by atoms with Gasteiger partial charge < -0.3 is 4.74 Å². The van der Waals surface area contributed by atoms with Crippen molar-refractivity contribution in [2.24, 2.45) is 17.8 Å². The van der Waals surface area contributed by atoms with Crippen LogP contribution in [0.25, 0.3) is 10.8 Å². The van der Waals surface area contributed by atoms with Crippen molar-refractivity contribution < 1.29 is 18.3 Å². The lowest BCUT2D eigenvalue weighted by molar-refractivity contribution is 0.0601. The molecule has 2 saturated carbocycles. The Hall–Kier alpha value is -1.97. The van der Waals surface area contributed by atoms with Crippen molar-refractivity contribution in [1.82, 2.24) is 0 Å². The Morgan fingerprint density at radius 3 is 2.54 bits per heavy atom. The van der Waals surface area contributed by atoms with Crippen LogP contribution in [0, 0.1) is 29.4 Å². The van der Waals surface area contributed by atoms with Gasteiger partial charge in [-0.1, -0.05) is 25.8 Å². The molecule has 0 N–H and O–H groups in total. The predicted molar refractivity (Wildman–Crippen MR) is 106 cm³/mol. The van der Waals surface area contributed by atoms with Crippen molar-refractivity contribution in [1.29, 1.82) is 0 Å². The van der Waals surface area contributed by atoms with E-state index in [1.165, 1.54) is 38.9 Å². The number of carbonyl (C=O) groups is 1. The lowest BCUT2D eigenvalue weighted by Gasteiger charge is -2.42. The number of hydrogen-bond acceptors (Lipinski definition) is 2. The topological polar surface area (TPSA) is 26.3 Å². The van der Waals surface area contributed by atoms with E-state index in [0.717, 1.165) is 31.1 Å². The second-order valence-corrected chi connectivity index (χ2v) is 8.64. The molecule has 2 unspecified atom stereocenters. The molecule has 2 aromatic carbocycles. The molecule has 0 bridgehead atoms. The molecule has 0 aromatic heterocycles. The third-order valence-electron chi connectivity index (χ3n) is 7.21. The first-order valence-corrected chi connectivity index (χ1v) is 10.5. The Kier molecular flexibility index (Phi) is 5.39. The van der Waals surface area contributed by atoms with Gasteiger partial charge in [0.2, 0.25) is 0 Å². The quantitative estimate of drug-likeness (QED) is 0.555. The first kappa shape index (κ1) is 19.4. The zero-order chi connectivity index (χ0) is 19.8. The smallest absolute Gasteiger partial charge is 0.337 e.